The van der Waals surface area contributed by atoms with Gasteiger partial charge in [-0.25, -0.2) is 26.3 Å². The fourth-order valence-electron chi connectivity index (χ4n) is 5.98. The lowest BCUT2D eigenvalue weighted by atomic mass is 10.2. The molecule has 4 fully saturated rings. The van der Waals surface area contributed by atoms with Gasteiger partial charge < -0.3 is 30.6 Å². The van der Waals surface area contributed by atoms with Crippen LogP contribution in [0.1, 0.15) is 85.5 Å². The van der Waals surface area contributed by atoms with Crippen molar-refractivity contribution >= 4 is 30.7 Å². The number of carbonyl (C=O) groups is 3. The number of H-pyrrole nitrogens is 1. The number of benzene rings is 3. The summed E-state index contributed by atoms with van der Waals surface area (Å²) < 4.78 is 15.4. The highest BCUT2D eigenvalue weighted by Gasteiger charge is 2.53. The van der Waals surface area contributed by atoms with E-state index in [1.807, 2.05) is 91.0 Å². The number of aryl methyl sites for hydroxylation is 2. The number of nitrogens with one attached hydrogen (secondary N) is 4. The number of aromatic amines is 1. The molecule has 3 amide bonds. The predicted molar refractivity (Wildman–Crippen MR) is 234 cm³/mol. The number of alkyl carbamates (subject to hydrolysis) is 3. The Hall–Kier alpha value is -7.58. The average Bonchev–Trinajstić information content (AvgIpc) is 4.31. The van der Waals surface area contributed by atoms with Crippen LogP contribution in [0, 0.1) is 6.57 Å². The topological polar surface area (TPSA) is 287 Å². The van der Waals surface area contributed by atoms with Crippen LogP contribution in [0.5, 0.6) is 0 Å². The monoisotopic (exact) mass is 923 g/mol. The fourth-order valence-corrected chi connectivity index (χ4v) is 5.98. The molecule has 4 aliphatic rings. The highest BCUT2D eigenvalue weighted by Crippen LogP contribution is 2.44. The van der Waals surface area contributed by atoms with Gasteiger partial charge in [-0.05, 0) is 65.6 Å². The van der Waals surface area contributed by atoms with Crippen LogP contribution in [0.15, 0.2) is 91.0 Å². The van der Waals surface area contributed by atoms with E-state index in [1.165, 1.54) is 9.59 Å². The molecule has 66 heavy (non-hydrogen) atoms. The maximum Gasteiger partial charge on any atom is 0.413 e. The van der Waals surface area contributed by atoms with Gasteiger partial charge in [-0.2, -0.15) is 14.8 Å². The van der Waals surface area contributed by atoms with Crippen LogP contribution in [0.4, 0.5) is 14.4 Å². The van der Waals surface area contributed by atoms with Crippen LogP contribution in [-0.2, 0) is 64.7 Å². The highest BCUT2D eigenvalue weighted by atomic mass is 35.5. The molecule has 23 nitrogen and oxygen atoms in total. The zero-order valence-corrected chi connectivity index (χ0v) is 37.1. The van der Waals surface area contributed by atoms with Crippen LogP contribution >= 0.6 is 12.4 Å². The van der Waals surface area contributed by atoms with Gasteiger partial charge in [0, 0.05) is 0 Å². The minimum absolute atomic E-state index is 0. The third-order valence-corrected chi connectivity index (χ3v) is 10.5. The molecule has 3 aromatic carbocycles. The number of aromatic nitrogens is 12. The van der Waals surface area contributed by atoms with E-state index in [4.69, 9.17) is 26.5 Å². The normalized spacial score (nSPS) is 16.3. The van der Waals surface area contributed by atoms with Crippen LogP contribution < -0.4 is 21.7 Å². The van der Waals surface area contributed by atoms with E-state index < -0.39 is 35.0 Å². The number of carbonyl (C=O) groups excluding carboxylic acids is 3. The summed E-state index contributed by atoms with van der Waals surface area (Å²) in [5, 5.41) is 45.3. The number of hydrogen-bond donors (Lipinski definition) is 5. The molecule has 346 valence electrons. The van der Waals surface area contributed by atoms with E-state index in [2.05, 4.69) is 72.2 Å². The van der Waals surface area contributed by atoms with Gasteiger partial charge in [0.2, 0.25) is 0 Å². The first-order valence-corrected chi connectivity index (χ1v) is 20.8. The van der Waals surface area contributed by atoms with E-state index in [9.17, 15) is 14.4 Å². The molecule has 0 radical (unpaired) electrons. The Bertz CT molecular complexity index is 2520. The summed E-state index contributed by atoms with van der Waals surface area (Å²) in [6, 6.07) is 28.5. The number of nitrogens with zero attached hydrogens (tertiary/aromatic N) is 12. The number of hydrogen-bond acceptors (Lipinski definition) is 16. The minimum atomic E-state index is -0.673. The lowest BCUT2D eigenvalue weighted by Gasteiger charge is -2.13. The SMILES string of the molecule is Cl.Cn1nnc(C2(N)CC2)n1.Cn1nnc(C2(NC(=O)OCc3ccccc3)CC2)n1.O=C(NC1(c2nn[nH]n2)CC1)OCc1ccccc1.[C-]#[N+]C1(NC(=O)OCc2ccccc2)CC1. The van der Waals surface area contributed by atoms with Crippen molar-refractivity contribution in [1.29, 1.82) is 0 Å². The molecule has 0 atom stereocenters. The first-order chi connectivity index (χ1) is 31.4. The van der Waals surface area contributed by atoms with Gasteiger partial charge in [0.1, 0.15) is 30.9 Å². The van der Waals surface area contributed by atoms with Gasteiger partial charge in [0.25, 0.3) is 0 Å². The molecule has 3 heterocycles. The first kappa shape index (κ1) is 47.9. The summed E-state index contributed by atoms with van der Waals surface area (Å²) in [6.07, 6.45) is 5.17. The fraction of sp³-hybridized carbons (Fsp3) is 0.405. The van der Waals surface area contributed by atoms with Crippen LogP contribution in [-0.4, -0.2) is 85.0 Å². The third kappa shape index (κ3) is 13.7. The Kier molecular flexibility index (Phi) is 15.5. The van der Waals surface area contributed by atoms with Gasteiger partial charge in [0.15, 0.2) is 17.5 Å². The summed E-state index contributed by atoms with van der Waals surface area (Å²) in [7, 11) is 3.43. The second-order valence-electron chi connectivity index (χ2n) is 16.0. The number of halogens is 1. The van der Waals surface area contributed by atoms with E-state index in [-0.39, 0.29) is 37.8 Å². The predicted octanol–water partition coefficient (Wildman–Crippen LogP) is 4.14. The van der Waals surface area contributed by atoms with Gasteiger partial charge in [-0.15, -0.1) is 43.0 Å². The quantitative estimate of drug-likeness (QED) is 0.0851. The van der Waals surface area contributed by atoms with Crippen molar-refractivity contribution in [1.82, 2.24) is 77.0 Å². The molecule has 6 N–H and O–H groups in total. The van der Waals surface area contributed by atoms with Crippen molar-refractivity contribution in [3.8, 4) is 0 Å². The standard InChI is InChI=1S/C13H15N5O2.C12H13N5O2.C12H12N2O2.C5H9N5.ClH/c1-18-16-11(15-17-18)13(7-8-13)14-12(19)20-9-10-5-3-2-4-6-10;18-11(19-8-9-4-2-1-3-5-9)13-12(6-7-12)10-14-16-17-15-10;1-13-12(7-8-12)14-11(15)16-9-10-5-3-2-4-6-10;1-10-8-4(7-9-10)5(6)2-3-5;/h2-6H,7-9H2,1H3,(H,14,19);1-5H,6-8H2,(H,13,18)(H,14,15,16,17);2-6H,7-9H2,(H,14,15);2-3,6H2,1H3;1H. The molecule has 0 aliphatic heterocycles. The number of amides is 3. The minimum Gasteiger partial charge on any atom is -0.445 e. The second kappa shape index (κ2) is 21.4. The third-order valence-electron chi connectivity index (χ3n) is 10.5. The molecule has 0 unspecified atom stereocenters. The summed E-state index contributed by atoms with van der Waals surface area (Å²) >= 11 is 0. The van der Waals surface area contributed by atoms with E-state index in [0.29, 0.717) is 17.5 Å². The lowest BCUT2D eigenvalue weighted by Crippen LogP contribution is -2.36. The van der Waals surface area contributed by atoms with Crippen LogP contribution in [0.3, 0.4) is 0 Å². The molecule has 6 aromatic rings. The molecular weight excluding hydrogens is 874 g/mol. The molecular formula is C42H50ClN17O6. The van der Waals surface area contributed by atoms with Crippen LogP contribution in [0.2, 0.25) is 0 Å². The van der Waals surface area contributed by atoms with E-state index >= 15 is 0 Å². The zero-order valence-electron chi connectivity index (χ0n) is 36.2. The first-order valence-electron chi connectivity index (χ1n) is 20.8. The second-order valence-corrected chi connectivity index (χ2v) is 16.0. The number of ether oxygens (including phenoxy) is 3. The van der Waals surface area contributed by atoms with Gasteiger partial charge in [0.05, 0.1) is 32.5 Å². The Morgan fingerprint density at radius 1 is 0.621 bits per heavy atom. The molecule has 0 bridgehead atoms. The Morgan fingerprint density at radius 3 is 1.36 bits per heavy atom. The van der Waals surface area contributed by atoms with Crippen LogP contribution in [0.25, 0.3) is 4.85 Å². The summed E-state index contributed by atoms with van der Waals surface area (Å²) in [6.45, 7) is 7.64. The Balaban J connectivity index is 0.000000148. The van der Waals surface area contributed by atoms with Crippen molar-refractivity contribution in [2.75, 3.05) is 0 Å². The number of tetrazole rings is 3. The lowest BCUT2D eigenvalue weighted by molar-refractivity contribution is 0.133. The summed E-state index contributed by atoms with van der Waals surface area (Å²) in [5.74, 6) is 1.72. The summed E-state index contributed by atoms with van der Waals surface area (Å²) in [4.78, 5) is 41.1. The summed E-state index contributed by atoms with van der Waals surface area (Å²) in [5.41, 5.74) is 6.72. The van der Waals surface area contributed by atoms with Gasteiger partial charge in [-0.1, -0.05) is 96.2 Å². The highest BCUT2D eigenvalue weighted by molar-refractivity contribution is 5.85. The molecule has 4 saturated carbocycles. The Labute approximate surface area is 385 Å². The average molecular weight is 924 g/mol. The number of rotatable bonds is 12. The van der Waals surface area contributed by atoms with Crippen molar-refractivity contribution in [3.05, 3.63) is 137 Å². The molecule has 4 aliphatic carbocycles. The van der Waals surface area contributed by atoms with E-state index in [1.54, 1.807) is 14.1 Å². The Morgan fingerprint density at radius 2 is 1.03 bits per heavy atom. The van der Waals surface area contributed by atoms with E-state index in [0.717, 1.165) is 68.1 Å². The smallest absolute Gasteiger partial charge is 0.413 e. The van der Waals surface area contributed by atoms with Gasteiger partial charge >= 0.3 is 23.9 Å². The largest absolute Gasteiger partial charge is 0.445 e. The number of nitrogens with two attached hydrogens (primary N) is 1. The maximum absolute atomic E-state index is 11.8. The maximum atomic E-state index is 11.8. The zero-order chi connectivity index (χ0) is 45.8. The molecule has 0 saturated heterocycles. The molecule has 10 rings (SSSR count). The van der Waals surface area contributed by atoms with Crippen molar-refractivity contribution in [2.45, 2.75) is 93.5 Å². The van der Waals surface area contributed by atoms with Gasteiger partial charge in [-0.3, -0.25) is 4.85 Å². The molecule has 24 heteroatoms. The molecule has 3 aromatic heterocycles. The van der Waals surface area contributed by atoms with Crippen molar-refractivity contribution in [3.63, 3.8) is 0 Å². The van der Waals surface area contributed by atoms with Crippen molar-refractivity contribution in [2.24, 2.45) is 19.8 Å². The molecule has 0 spiro atoms. The van der Waals surface area contributed by atoms with Crippen molar-refractivity contribution < 1.29 is 28.6 Å².